The summed E-state index contributed by atoms with van der Waals surface area (Å²) >= 11 is 1.88. The van der Waals surface area contributed by atoms with Gasteiger partial charge in [-0.3, -0.25) is 11.3 Å². The summed E-state index contributed by atoms with van der Waals surface area (Å²) in [6.07, 6.45) is 6.80. The molecule has 0 radical (unpaired) electrons. The molecule has 1 aliphatic carbocycles. The van der Waals surface area contributed by atoms with E-state index in [0.717, 1.165) is 23.8 Å². The molecule has 1 aliphatic heterocycles. The fourth-order valence-corrected chi connectivity index (χ4v) is 4.24. The third-order valence-corrected chi connectivity index (χ3v) is 5.40. The Labute approximate surface area is 119 Å². The van der Waals surface area contributed by atoms with Crippen LogP contribution in [0.2, 0.25) is 0 Å². The van der Waals surface area contributed by atoms with Crippen LogP contribution in [0.3, 0.4) is 0 Å². The first-order valence-electron chi connectivity index (χ1n) is 7.21. The van der Waals surface area contributed by atoms with E-state index in [1.54, 1.807) is 0 Å². The van der Waals surface area contributed by atoms with Gasteiger partial charge in [-0.25, -0.2) is 0 Å². The highest BCUT2D eigenvalue weighted by molar-refractivity contribution is 7.99. The highest BCUT2D eigenvalue weighted by Crippen LogP contribution is 2.37. The molecule has 1 heterocycles. The molecule has 1 saturated carbocycles. The lowest BCUT2D eigenvalue weighted by atomic mass is 9.96. The summed E-state index contributed by atoms with van der Waals surface area (Å²) in [5.41, 5.74) is 2.99. The van der Waals surface area contributed by atoms with Gasteiger partial charge in [-0.1, -0.05) is 37.8 Å². The van der Waals surface area contributed by atoms with E-state index in [0.29, 0.717) is 0 Å². The van der Waals surface area contributed by atoms with E-state index in [9.17, 15) is 0 Å². The minimum absolute atomic E-state index is 0.186. The van der Waals surface area contributed by atoms with E-state index in [4.69, 9.17) is 10.6 Å². The van der Waals surface area contributed by atoms with Crippen molar-refractivity contribution in [3.8, 4) is 5.75 Å². The van der Waals surface area contributed by atoms with E-state index in [2.05, 4.69) is 23.6 Å². The van der Waals surface area contributed by atoms with E-state index < -0.39 is 0 Å². The van der Waals surface area contributed by atoms with Crippen molar-refractivity contribution in [3.63, 3.8) is 0 Å². The maximum atomic E-state index is 6.13. The first-order valence-corrected chi connectivity index (χ1v) is 8.20. The zero-order chi connectivity index (χ0) is 13.1. The van der Waals surface area contributed by atoms with Crippen molar-refractivity contribution >= 4 is 11.8 Å². The lowest BCUT2D eigenvalue weighted by molar-refractivity contribution is 0.150. The molecule has 1 aromatic carbocycles. The second-order valence-corrected chi connectivity index (χ2v) is 6.64. The average molecular weight is 278 g/mol. The maximum absolute atomic E-state index is 6.13. The fourth-order valence-electron chi connectivity index (χ4n) is 3.17. The Bertz CT molecular complexity index is 420. The minimum Gasteiger partial charge on any atom is -0.487 e. The normalized spacial score (nSPS) is 24.8. The molecule has 2 unspecified atom stereocenters. The SMILES string of the molecule is NNC(CC1CCCC1)C1CSc2ccccc2O1. The van der Waals surface area contributed by atoms with Crippen LogP contribution in [0.15, 0.2) is 29.2 Å². The molecule has 1 fully saturated rings. The van der Waals surface area contributed by atoms with E-state index in [1.165, 1.54) is 30.6 Å². The molecule has 0 aromatic heterocycles. The van der Waals surface area contributed by atoms with Crippen molar-refractivity contribution < 1.29 is 4.74 Å². The molecule has 0 spiro atoms. The van der Waals surface area contributed by atoms with Crippen molar-refractivity contribution in [2.75, 3.05) is 5.75 Å². The minimum atomic E-state index is 0.186. The van der Waals surface area contributed by atoms with Crippen LogP contribution in [-0.4, -0.2) is 17.9 Å². The summed E-state index contributed by atoms with van der Waals surface area (Å²) in [6.45, 7) is 0. The Morgan fingerprint density at radius 3 is 2.89 bits per heavy atom. The number of hydrazine groups is 1. The summed E-state index contributed by atoms with van der Waals surface area (Å²) < 4.78 is 6.13. The first-order chi connectivity index (χ1) is 9.36. The summed E-state index contributed by atoms with van der Waals surface area (Å²) in [4.78, 5) is 1.25. The lowest BCUT2D eigenvalue weighted by Crippen LogP contribution is -2.49. The zero-order valence-electron chi connectivity index (χ0n) is 11.2. The Morgan fingerprint density at radius 2 is 2.11 bits per heavy atom. The van der Waals surface area contributed by atoms with Crippen LogP contribution >= 0.6 is 11.8 Å². The first kappa shape index (κ1) is 13.3. The van der Waals surface area contributed by atoms with Crippen LogP contribution in [-0.2, 0) is 0 Å². The quantitative estimate of drug-likeness (QED) is 0.656. The van der Waals surface area contributed by atoms with Gasteiger partial charge >= 0.3 is 0 Å². The molecule has 0 amide bonds. The number of hydrogen-bond donors (Lipinski definition) is 2. The van der Waals surface area contributed by atoms with Crippen molar-refractivity contribution in [1.29, 1.82) is 0 Å². The highest BCUT2D eigenvalue weighted by Gasteiger charge is 2.30. The summed E-state index contributed by atoms with van der Waals surface area (Å²) in [5, 5.41) is 0. The molecule has 3 rings (SSSR count). The lowest BCUT2D eigenvalue weighted by Gasteiger charge is -2.32. The molecule has 19 heavy (non-hydrogen) atoms. The number of nitrogens with one attached hydrogen (secondary N) is 1. The third kappa shape index (κ3) is 3.07. The number of benzene rings is 1. The van der Waals surface area contributed by atoms with Crippen LogP contribution in [0.5, 0.6) is 5.75 Å². The van der Waals surface area contributed by atoms with Crippen LogP contribution in [0.25, 0.3) is 0 Å². The molecule has 0 saturated heterocycles. The van der Waals surface area contributed by atoms with Crippen LogP contribution in [0.4, 0.5) is 0 Å². The Balaban J connectivity index is 1.64. The number of nitrogens with two attached hydrogens (primary N) is 1. The van der Waals surface area contributed by atoms with Gasteiger partial charge in [0.25, 0.3) is 0 Å². The zero-order valence-corrected chi connectivity index (χ0v) is 12.0. The van der Waals surface area contributed by atoms with Gasteiger partial charge in [-0.05, 0) is 24.5 Å². The van der Waals surface area contributed by atoms with E-state index in [1.807, 2.05) is 17.8 Å². The van der Waals surface area contributed by atoms with Gasteiger partial charge in [-0.15, -0.1) is 11.8 Å². The fraction of sp³-hybridized carbons (Fsp3) is 0.600. The number of fused-ring (bicyclic) bond motifs is 1. The summed E-state index contributed by atoms with van der Waals surface area (Å²) in [6, 6.07) is 8.54. The molecular weight excluding hydrogens is 256 g/mol. The molecular formula is C15H22N2OS. The number of thioether (sulfide) groups is 1. The molecule has 2 atom stereocenters. The average Bonchev–Trinajstić information content (AvgIpc) is 2.97. The van der Waals surface area contributed by atoms with Crippen LogP contribution < -0.4 is 16.0 Å². The Hall–Kier alpha value is -0.710. The van der Waals surface area contributed by atoms with Crippen molar-refractivity contribution in [1.82, 2.24) is 5.43 Å². The van der Waals surface area contributed by atoms with Gasteiger partial charge in [0.05, 0.1) is 6.04 Å². The second kappa shape index (κ2) is 6.16. The van der Waals surface area contributed by atoms with Gasteiger partial charge in [-0.2, -0.15) is 0 Å². The predicted molar refractivity (Wildman–Crippen MR) is 79.3 cm³/mol. The van der Waals surface area contributed by atoms with E-state index in [-0.39, 0.29) is 12.1 Å². The molecule has 2 aliphatic rings. The maximum Gasteiger partial charge on any atom is 0.133 e. The topological polar surface area (TPSA) is 47.3 Å². The number of ether oxygens (including phenoxy) is 1. The molecule has 3 nitrogen and oxygen atoms in total. The number of para-hydroxylation sites is 1. The van der Waals surface area contributed by atoms with Gasteiger partial charge < -0.3 is 4.74 Å². The number of hydrogen-bond acceptors (Lipinski definition) is 4. The molecule has 4 heteroatoms. The molecule has 0 bridgehead atoms. The van der Waals surface area contributed by atoms with Crippen molar-refractivity contribution in [2.45, 2.75) is 49.1 Å². The van der Waals surface area contributed by atoms with Crippen molar-refractivity contribution in [2.24, 2.45) is 11.8 Å². The second-order valence-electron chi connectivity index (χ2n) is 5.57. The summed E-state index contributed by atoms with van der Waals surface area (Å²) in [7, 11) is 0. The van der Waals surface area contributed by atoms with Crippen LogP contribution in [0.1, 0.15) is 32.1 Å². The predicted octanol–water partition coefficient (Wildman–Crippen LogP) is 2.95. The smallest absolute Gasteiger partial charge is 0.133 e. The Morgan fingerprint density at radius 1 is 1.32 bits per heavy atom. The highest BCUT2D eigenvalue weighted by atomic mass is 32.2. The van der Waals surface area contributed by atoms with Crippen molar-refractivity contribution in [3.05, 3.63) is 24.3 Å². The van der Waals surface area contributed by atoms with E-state index >= 15 is 0 Å². The number of rotatable bonds is 4. The monoisotopic (exact) mass is 278 g/mol. The molecule has 104 valence electrons. The van der Waals surface area contributed by atoms with Gasteiger partial charge in [0.15, 0.2) is 0 Å². The molecule has 1 aromatic rings. The third-order valence-electron chi connectivity index (χ3n) is 4.26. The standard InChI is InChI=1S/C15H22N2OS/c16-17-12(9-11-5-1-2-6-11)14-10-19-15-8-4-3-7-13(15)18-14/h3-4,7-8,11-12,14,17H,1-2,5-6,9-10,16H2. The van der Waals surface area contributed by atoms with Gasteiger partial charge in [0.1, 0.15) is 11.9 Å². The van der Waals surface area contributed by atoms with Gasteiger partial charge in [0.2, 0.25) is 0 Å². The largest absolute Gasteiger partial charge is 0.487 e. The van der Waals surface area contributed by atoms with Crippen LogP contribution in [0, 0.1) is 5.92 Å². The summed E-state index contributed by atoms with van der Waals surface area (Å²) in [5.74, 6) is 8.58. The Kier molecular flexibility index (Phi) is 4.31. The molecule has 3 N–H and O–H groups in total. The van der Waals surface area contributed by atoms with Gasteiger partial charge in [0, 0.05) is 10.6 Å².